The number of nitrogens with zero attached hydrogens (tertiary/aromatic N) is 1. The zero-order chi connectivity index (χ0) is 25.1. The second-order valence-electron chi connectivity index (χ2n) is 8.59. The van der Waals surface area contributed by atoms with Gasteiger partial charge in [-0.2, -0.15) is 0 Å². The molecular formula is C29H23ClN2O4. The number of hydrogen-bond acceptors (Lipinski definition) is 4. The van der Waals surface area contributed by atoms with Gasteiger partial charge in [-0.15, -0.1) is 0 Å². The summed E-state index contributed by atoms with van der Waals surface area (Å²) < 4.78 is 5.52. The summed E-state index contributed by atoms with van der Waals surface area (Å²) in [6.45, 7) is 0.108. The fraction of sp³-hybridized carbons (Fsp3) is 0.138. The molecule has 1 aromatic heterocycles. The van der Waals surface area contributed by atoms with Gasteiger partial charge in [0, 0.05) is 28.6 Å². The number of hydrogen-bond donors (Lipinski definition) is 2. The van der Waals surface area contributed by atoms with E-state index in [4.69, 9.17) is 16.3 Å². The molecule has 1 aliphatic carbocycles. The van der Waals surface area contributed by atoms with E-state index < -0.39 is 18.1 Å². The van der Waals surface area contributed by atoms with Crippen molar-refractivity contribution in [2.45, 2.75) is 18.4 Å². The van der Waals surface area contributed by atoms with Crippen LogP contribution in [0.5, 0.6) is 0 Å². The standard InChI is InChI=1S/C29H23ClN2O4/c30-19-14-12-18(13-15-19)26-11-5-6-20(31-26)16-27(28(33)34)32-29(35)36-17-25-23-9-3-1-7-21(23)22-8-2-4-10-24(22)25/h1-15,25,27H,16-17H2,(H,32,35)(H,33,34). The van der Waals surface area contributed by atoms with Crippen molar-refractivity contribution in [3.8, 4) is 22.4 Å². The molecule has 180 valence electrons. The van der Waals surface area contributed by atoms with Crippen LogP contribution in [0, 0.1) is 0 Å². The highest BCUT2D eigenvalue weighted by atomic mass is 35.5. The second kappa shape index (κ2) is 10.2. The van der Waals surface area contributed by atoms with Crippen LogP contribution in [0.25, 0.3) is 22.4 Å². The van der Waals surface area contributed by atoms with Gasteiger partial charge in [0.2, 0.25) is 0 Å². The van der Waals surface area contributed by atoms with Crippen molar-refractivity contribution in [1.82, 2.24) is 10.3 Å². The van der Waals surface area contributed by atoms with Gasteiger partial charge in [0.1, 0.15) is 12.6 Å². The number of carboxylic acids is 1. The number of nitrogens with one attached hydrogen (secondary N) is 1. The summed E-state index contributed by atoms with van der Waals surface area (Å²) >= 11 is 5.96. The Kier molecular flexibility index (Phi) is 6.69. The van der Waals surface area contributed by atoms with E-state index in [1.807, 2.05) is 54.6 Å². The number of rotatable bonds is 7. The lowest BCUT2D eigenvalue weighted by Crippen LogP contribution is -2.43. The molecule has 2 N–H and O–H groups in total. The van der Waals surface area contributed by atoms with E-state index in [0.29, 0.717) is 16.4 Å². The third kappa shape index (κ3) is 4.95. The van der Waals surface area contributed by atoms with Gasteiger partial charge in [-0.1, -0.05) is 78.3 Å². The van der Waals surface area contributed by atoms with Crippen molar-refractivity contribution in [2.75, 3.05) is 6.61 Å². The summed E-state index contributed by atoms with van der Waals surface area (Å²) in [4.78, 5) is 29.1. The van der Waals surface area contributed by atoms with E-state index in [1.165, 1.54) is 0 Å². The summed E-state index contributed by atoms with van der Waals surface area (Å²) in [5.41, 5.74) is 6.50. The first kappa shape index (κ1) is 23.6. The topological polar surface area (TPSA) is 88.5 Å². The van der Waals surface area contributed by atoms with Gasteiger partial charge in [0.25, 0.3) is 0 Å². The Morgan fingerprint density at radius 3 is 2.17 bits per heavy atom. The first-order valence-electron chi connectivity index (χ1n) is 11.6. The minimum absolute atomic E-state index is 0.0148. The van der Waals surface area contributed by atoms with Crippen LogP contribution in [0.4, 0.5) is 4.79 Å². The van der Waals surface area contributed by atoms with E-state index >= 15 is 0 Å². The van der Waals surface area contributed by atoms with Crippen molar-refractivity contribution >= 4 is 23.7 Å². The normalized spacial score (nSPS) is 12.9. The lowest BCUT2D eigenvalue weighted by atomic mass is 9.98. The fourth-order valence-corrected chi connectivity index (χ4v) is 4.69. The quantitative estimate of drug-likeness (QED) is 0.329. The summed E-state index contributed by atoms with van der Waals surface area (Å²) in [5, 5.41) is 12.8. The van der Waals surface area contributed by atoms with Crippen LogP contribution in [0.2, 0.25) is 5.02 Å². The third-order valence-electron chi connectivity index (χ3n) is 6.29. The van der Waals surface area contributed by atoms with Crippen molar-refractivity contribution in [3.63, 3.8) is 0 Å². The summed E-state index contributed by atoms with van der Waals surface area (Å²) in [5.74, 6) is -1.27. The minimum Gasteiger partial charge on any atom is -0.480 e. The van der Waals surface area contributed by atoms with Gasteiger partial charge in [-0.05, 0) is 46.5 Å². The molecule has 0 fully saturated rings. The Balaban J connectivity index is 1.26. The molecule has 0 radical (unpaired) electrons. The van der Waals surface area contributed by atoms with Gasteiger partial charge in [-0.3, -0.25) is 4.98 Å². The molecule has 0 spiro atoms. The van der Waals surface area contributed by atoms with E-state index in [0.717, 1.165) is 27.8 Å². The van der Waals surface area contributed by atoms with Gasteiger partial charge in [0.05, 0.1) is 5.69 Å². The van der Waals surface area contributed by atoms with Crippen LogP contribution in [-0.2, 0) is 16.0 Å². The molecule has 3 aromatic carbocycles. The van der Waals surface area contributed by atoms with E-state index in [9.17, 15) is 14.7 Å². The van der Waals surface area contributed by atoms with E-state index in [2.05, 4.69) is 22.4 Å². The van der Waals surface area contributed by atoms with Crippen molar-refractivity contribution < 1.29 is 19.4 Å². The summed E-state index contributed by atoms with van der Waals surface area (Å²) in [6.07, 6.45) is -0.765. The molecule has 0 saturated heterocycles. The highest BCUT2D eigenvalue weighted by Crippen LogP contribution is 2.44. The molecular weight excluding hydrogens is 476 g/mol. The van der Waals surface area contributed by atoms with Crippen LogP contribution in [0.1, 0.15) is 22.7 Å². The molecule has 1 unspecified atom stereocenters. The maximum atomic E-state index is 12.6. The number of aliphatic carboxylic acids is 1. The van der Waals surface area contributed by atoms with Crippen LogP contribution in [0.3, 0.4) is 0 Å². The third-order valence-corrected chi connectivity index (χ3v) is 6.55. The molecule has 36 heavy (non-hydrogen) atoms. The molecule has 7 heteroatoms. The Bertz CT molecular complexity index is 1380. The first-order valence-corrected chi connectivity index (χ1v) is 11.9. The first-order chi connectivity index (χ1) is 17.5. The number of carboxylic acid groups (broad SMARTS) is 1. The second-order valence-corrected chi connectivity index (χ2v) is 9.02. The van der Waals surface area contributed by atoms with Crippen LogP contribution < -0.4 is 5.32 Å². The Morgan fingerprint density at radius 1 is 0.889 bits per heavy atom. The van der Waals surface area contributed by atoms with Gasteiger partial charge >= 0.3 is 12.1 Å². The van der Waals surface area contributed by atoms with Crippen LogP contribution in [0.15, 0.2) is 91.0 Å². The van der Waals surface area contributed by atoms with Crippen molar-refractivity contribution in [3.05, 3.63) is 113 Å². The number of carbonyl (C=O) groups excluding carboxylic acids is 1. The highest BCUT2D eigenvalue weighted by molar-refractivity contribution is 6.30. The molecule has 0 bridgehead atoms. The number of amides is 1. The minimum atomic E-state index is -1.19. The summed E-state index contributed by atoms with van der Waals surface area (Å²) in [6, 6.07) is 27.5. The molecule has 1 heterocycles. The Hall–Kier alpha value is -4.16. The maximum absolute atomic E-state index is 12.6. The van der Waals surface area contributed by atoms with Gasteiger partial charge in [-0.25, -0.2) is 9.59 Å². The zero-order valence-electron chi connectivity index (χ0n) is 19.2. The van der Waals surface area contributed by atoms with Crippen molar-refractivity contribution in [2.24, 2.45) is 0 Å². The Morgan fingerprint density at radius 2 is 1.53 bits per heavy atom. The maximum Gasteiger partial charge on any atom is 0.407 e. The molecule has 0 aliphatic heterocycles. The lowest BCUT2D eigenvalue weighted by molar-refractivity contribution is -0.139. The lowest BCUT2D eigenvalue weighted by Gasteiger charge is -2.17. The largest absolute Gasteiger partial charge is 0.480 e. The van der Waals surface area contributed by atoms with Crippen molar-refractivity contribution in [1.29, 1.82) is 0 Å². The average molecular weight is 499 g/mol. The predicted octanol–water partition coefficient (Wildman–Crippen LogP) is 5.94. The molecule has 1 amide bonds. The zero-order valence-corrected chi connectivity index (χ0v) is 20.0. The SMILES string of the molecule is O=C(NC(Cc1cccc(-c2ccc(Cl)cc2)n1)C(=O)O)OCC1c2ccccc2-c2ccccc21. The number of alkyl carbamates (subject to hydrolysis) is 1. The number of halogens is 1. The molecule has 4 aromatic rings. The molecule has 0 saturated carbocycles. The average Bonchev–Trinajstić information content (AvgIpc) is 3.21. The molecule has 1 atom stereocenters. The molecule has 6 nitrogen and oxygen atoms in total. The van der Waals surface area contributed by atoms with E-state index in [1.54, 1.807) is 24.3 Å². The number of aromatic nitrogens is 1. The highest BCUT2D eigenvalue weighted by Gasteiger charge is 2.30. The molecule has 1 aliphatic rings. The predicted molar refractivity (Wildman–Crippen MR) is 138 cm³/mol. The van der Waals surface area contributed by atoms with E-state index in [-0.39, 0.29) is 18.9 Å². The number of fused-ring (bicyclic) bond motifs is 3. The Labute approximate surface area is 213 Å². The molecule has 5 rings (SSSR count). The van der Waals surface area contributed by atoms with Gasteiger partial charge in [0.15, 0.2) is 0 Å². The van der Waals surface area contributed by atoms with Crippen LogP contribution in [-0.4, -0.2) is 34.8 Å². The number of ether oxygens (including phenoxy) is 1. The number of pyridine rings is 1. The van der Waals surface area contributed by atoms with Gasteiger partial charge < -0.3 is 15.2 Å². The number of benzene rings is 3. The fourth-order valence-electron chi connectivity index (χ4n) is 4.57. The summed E-state index contributed by atoms with van der Waals surface area (Å²) in [7, 11) is 0. The smallest absolute Gasteiger partial charge is 0.407 e. The monoisotopic (exact) mass is 498 g/mol. The number of carbonyl (C=O) groups is 2. The van der Waals surface area contributed by atoms with Crippen LogP contribution >= 0.6 is 11.6 Å².